The summed E-state index contributed by atoms with van der Waals surface area (Å²) >= 11 is 1.20. The second-order valence-electron chi connectivity index (χ2n) is 6.65. The molecule has 1 unspecified atom stereocenters. The van der Waals surface area contributed by atoms with Crippen LogP contribution in [0.5, 0.6) is 0 Å². The van der Waals surface area contributed by atoms with Gasteiger partial charge in [-0.3, -0.25) is 9.59 Å². The molecule has 28 heavy (non-hydrogen) atoms. The number of hydrogen-bond acceptors (Lipinski definition) is 6. The minimum atomic E-state index is -0.128. The molecule has 1 saturated heterocycles. The predicted octanol–water partition coefficient (Wildman–Crippen LogP) is 2.17. The topological polar surface area (TPSA) is 79.3 Å². The van der Waals surface area contributed by atoms with Crippen molar-refractivity contribution in [1.29, 1.82) is 0 Å². The van der Waals surface area contributed by atoms with Gasteiger partial charge in [-0.25, -0.2) is 4.98 Å². The molecule has 1 fully saturated rings. The van der Waals surface area contributed by atoms with Crippen molar-refractivity contribution in [1.82, 2.24) is 24.4 Å². The van der Waals surface area contributed by atoms with Gasteiger partial charge in [-0.1, -0.05) is 41.4 Å². The highest BCUT2D eigenvalue weighted by Gasteiger charge is 2.32. The van der Waals surface area contributed by atoms with Gasteiger partial charge in [0.1, 0.15) is 5.52 Å². The molecular formula is C20H19N5O2S. The Balaban J connectivity index is 1.61. The van der Waals surface area contributed by atoms with Crippen molar-refractivity contribution in [3.05, 3.63) is 66.4 Å². The molecule has 0 bridgehead atoms. The molecule has 0 radical (unpaired) electrons. The van der Waals surface area contributed by atoms with Crippen LogP contribution in [-0.4, -0.2) is 61.9 Å². The molecule has 3 aromatic rings. The number of carbonyl (C=O) groups is 2. The molecule has 8 heteroatoms. The Morgan fingerprint density at radius 3 is 2.86 bits per heavy atom. The smallest absolute Gasteiger partial charge is 0.255 e. The number of amides is 2. The Kier molecular flexibility index (Phi) is 5.12. The zero-order valence-electron chi connectivity index (χ0n) is 15.2. The van der Waals surface area contributed by atoms with Crippen LogP contribution in [0.4, 0.5) is 0 Å². The van der Waals surface area contributed by atoms with Crippen LogP contribution >= 0.6 is 11.5 Å². The normalized spacial score (nSPS) is 16.9. The first-order valence-corrected chi connectivity index (χ1v) is 9.77. The molecule has 0 saturated carbocycles. The summed E-state index contributed by atoms with van der Waals surface area (Å²) in [4.78, 5) is 33.9. The molecular weight excluding hydrogens is 374 g/mol. The molecule has 0 N–H and O–H groups in total. The van der Waals surface area contributed by atoms with Gasteiger partial charge in [0, 0.05) is 37.4 Å². The molecule has 7 nitrogen and oxygen atoms in total. The molecule has 142 valence electrons. The Hall–Kier alpha value is -3.13. The molecule has 1 aliphatic heterocycles. The van der Waals surface area contributed by atoms with Crippen LogP contribution in [0.15, 0.2) is 55.3 Å². The van der Waals surface area contributed by atoms with Crippen LogP contribution in [-0.2, 0) is 11.2 Å². The van der Waals surface area contributed by atoms with E-state index >= 15 is 0 Å². The molecule has 4 rings (SSSR count). The number of hydrogen-bond donors (Lipinski definition) is 0. The van der Waals surface area contributed by atoms with Crippen molar-refractivity contribution >= 4 is 33.7 Å². The highest BCUT2D eigenvalue weighted by Crippen LogP contribution is 2.20. The third-order valence-corrected chi connectivity index (χ3v) is 5.55. The standard InChI is InChI=1S/C20H19N5O2S/c1-2-18(26)24-8-9-25(16(13-24)10-14-6-4-3-5-7-14)20(27)15-11-17-19(21-12-15)28-23-22-17/h2-7,11-12,16H,1,8-10,13H2. The van der Waals surface area contributed by atoms with Gasteiger partial charge < -0.3 is 9.80 Å². The molecule has 0 aliphatic carbocycles. The number of piperazine rings is 1. The first-order chi connectivity index (χ1) is 13.7. The largest absolute Gasteiger partial charge is 0.335 e. The lowest BCUT2D eigenvalue weighted by Gasteiger charge is -2.41. The second kappa shape index (κ2) is 7.85. The Bertz CT molecular complexity index is 1020. The van der Waals surface area contributed by atoms with Gasteiger partial charge in [-0.2, -0.15) is 0 Å². The van der Waals surface area contributed by atoms with Gasteiger partial charge in [0.15, 0.2) is 4.83 Å². The predicted molar refractivity (Wildman–Crippen MR) is 107 cm³/mol. The van der Waals surface area contributed by atoms with E-state index in [1.807, 2.05) is 35.2 Å². The summed E-state index contributed by atoms with van der Waals surface area (Å²) < 4.78 is 3.87. The Labute approximate surface area is 166 Å². The monoisotopic (exact) mass is 393 g/mol. The van der Waals surface area contributed by atoms with Crippen LogP contribution < -0.4 is 0 Å². The van der Waals surface area contributed by atoms with Gasteiger partial charge in [0.05, 0.1) is 11.6 Å². The summed E-state index contributed by atoms with van der Waals surface area (Å²) in [5.41, 5.74) is 2.23. The highest BCUT2D eigenvalue weighted by molar-refractivity contribution is 7.12. The van der Waals surface area contributed by atoms with Crippen molar-refractivity contribution in [3.63, 3.8) is 0 Å². The highest BCUT2D eigenvalue weighted by atomic mass is 32.1. The second-order valence-corrected chi connectivity index (χ2v) is 7.38. The van der Waals surface area contributed by atoms with Crippen LogP contribution in [0.3, 0.4) is 0 Å². The molecule has 3 heterocycles. The summed E-state index contributed by atoms with van der Waals surface area (Å²) in [6, 6.07) is 11.6. The zero-order valence-corrected chi connectivity index (χ0v) is 16.0. The molecule has 0 spiro atoms. The van der Waals surface area contributed by atoms with E-state index in [2.05, 4.69) is 21.1 Å². The molecule has 2 amide bonds. The summed E-state index contributed by atoms with van der Waals surface area (Å²) in [5.74, 6) is -0.212. The van der Waals surface area contributed by atoms with E-state index in [-0.39, 0.29) is 17.9 Å². The number of pyridine rings is 1. The van der Waals surface area contributed by atoms with E-state index in [1.165, 1.54) is 17.6 Å². The Morgan fingerprint density at radius 1 is 1.25 bits per heavy atom. The lowest BCUT2D eigenvalue weighted by Crippen LogP contribution is -2.57. The summed E-state index contributed by atoms with van der Waals surface area (Å²) in [5, 5.41) is 4.01. The van der Waals surface area contributed by atoms with E-state index < -0.39 is 0 Å². The van der Waals surface area contributed by atoms with Gasteiger partial charge in [0.25, 0.3) is 5.91 Å². The summed E-state index contributed by atoms with van der Waals surface area (Å²) in [6.45, 7) is 4.99. The number of aromatic nitrogens is 3. The third-order valence-electron chi connectivity index (χ3n) is 4.90. The van der Waals surface area contributed by atoms with Crippen molar-refractivity contribution in [3.8, 4) is 0 Å². The van der Waals surface area contributed by atoms with E-state index in [0.717, 1.165) is 5.56 Å². The number of benzene rings is 1. The molecule has 1 aliphatic rings. The van der Waals surface area contributed by atoms with Crippen LogP contribution in [0.25, 0.3) is 10.3 Å². The minimum Gasteiger partial charge on any atom is -0.335 e. The number of nitrogens with zero attached hydrogens (tertiary/aromatic N) is 5. The fourth-order valence-corrected chi connectivity index (χ4v) is 3.98. The Morgan fingerprint density at radius 2 is 2.07 bits per heavy atom. The molecule has 1 aromatic carbocycles. The fourth-order valence-electron chi connectivity index (χ4n) is 3.48. The van der Waals surface area contributed by atoms with Crippen LogP contribution in [0.2, 0.25) is 0 Å². The fraction of sp³-hybridized carbons (Fsp3) is 0.250. The number of rotatable bonds is 4. The quantitative estimate of drug-likeness (QED) is 0.635. The van der Waals surface area contributed by atoms with Crippen molar-refractivity contribution < 1.29 is 9.59 Å². The number of carbonyl (C=O) groups excluding carboxylic acids is 2. The zero-order chi connectivity index (χ0) is 19.5. The van der Waals surface area contributed by atoms with Gasteiger partial charge >= 0.3 is 0 Å². The maximum Gasteiger partial charge on any atom is 0.255 e. The van der Waals surface area contributed by atoms with E-state index in [1.54, 1.807) is 17.2 Å². The maximum atomic E-state index is 13.2. The van der Waals surface area contributed by atoms with E-state index in [9.17, 15) is 9.59 Å². The summed E-state index contributed by atoms with van der Waals surface area (Å²) in [7, 11) is 0. The van der Waals surface area contributed by atoms with Crippen molar-refractivity contribution in [2.75, 3.05) is 19.6 Å². The van der Waals surface area contributed by atoms with Crippen molar-refractivity contribution in [2.45, 2.75) is 12.5 Å². The first kappa shape index (κ1) is 18.2. The van der Waals surface area contributed by atoms with E-state index in [0.29, 0.717) is 42.0 Å². The third kappa shape index (κ3) is 3.63. The average Bonchev–Trinajstić information content (AvgIpc) is 3.21. The van der Waals surface area contributed by atoms with Gasteiger partial charge in [-0.05, 0) is 24.1 Å². The van der Waals surface area contributed by atoms with Gasteiger partial charge in [-0.15, -0.1) is 5.10 Å². The van der Waals surface area contributed by atoms with Crippen LogP contribution in [0.1, 0.15) is 15.9 Å². The summed E-state index contributed by atoms with van der Waals surface area (Å²) in [6.07, 6.45) is 3.57. The molecule has 1 atom stereocenters. The SMILES string of the molecule is C=CC(=O)N1CCN(C(=O)c2cnc3snnc3c2)C(Cc2ccccc2)C1. The van der Waals surface area contributed by atoms with Gasteiger partial charge in [0.2, 0.25) is 5.91 Å². The van der Waals surface area contributed by atoms with Crippen LogP contribution in [0, 0.1) is 0 Å². The number of fused-ring (bicyclic) bond motifs is 1. The first-order valence-electron chi connectivity index (χ1n) is 9.00. The molecule has 2 aromatic heterocycles. The van der Waals surface area contributed by atoms with Crippen molar-refractivity contribution in [2.24, 2.45) is 0 Å². The average molecular weight is 393 g/mol. The maximum absolute atomic E-state index is 13.2. The van der Waals surface area contributed by atoms with E-state index in [4.69, 9.17) is 0 Å². The lowest BCUT2D eigenvalue weighted by molar-refractivity contribution is -0.128. The lowest BCUT2D eigenvalue weighted by atomic mass is 10.0. The minimum absolute atomic E-state index is 0.103.